The van der Waals surface area contributed by atoms with Gasteiger partial charge in [0, 0.05) is 67.0 Å². The van der Waals surface area contributed by atoms with Crippen molar-refractivity contribution >= 4 is 30.1 Å². The number of carboxylic acids is 1. The third-order valence-electron chi connectivity index (χ3n) is 6.71. The Bertz CT molecular complexity index is 2180. The van der Waals surface area contributed by atoms with Crippen LogP contribution >= 0.6 is 0 Å². The van der Waals surface area contributed by atoms with E-state index in [2.05, 4.69) is 52.0 Å². The fourth-order valence-electron chi connectivity index (χ4n) is 4.46. The van der Waals surface area contributed by atoms with Gasteiger partial charge in [0.25, 0.3) is 5.91 Å². The van der Waals surface area contributed by atoms with E-state index < -0.39 is 17.7 Å². The summed E-state index contributed by atoms with van der Waals surface area (Å²) in [5.74, 6) is -0.235. The zero-order valence-electron chi connectivity index (χ0n) is 29.2. The van der Waals surface area contributed by atoms with Crippen LogP contribution in [-0.4, -0.2) is 61.5 Å². The zero-order chi connectivity index (χ0) is 39.1. The minimum absolute atomic E-state index is 0. The smallest absolute Gasteiger partial charge is 0.416 e. The van der Waals surface area contributed by atoms with Crippen LogP contribution in [0, 0.1) is 20.8 Å². The molecule has 0 saturated heterocycles. The quantitative estimate of drug-likeness (QED) is 0.0995. The van der Waals surface area contributed by atoms with E-state index in [1.165, 1.54) is 29.4 Å². The second-order valence-corrected chi connectivity index (χ2v) is 11.3. The lowest BCUT2D eigenvalue weighted by molar-refractivity contribution is -0.137. The first-order valence-corrected chi connectivity index (χ1v) is 15.9. The number of nitrogens with one attached hydrogen (secondary N) is 2. The molecule has 0 bridgehead atoms. The SMILES string of the molecule is C.Cc1cc(-c2ncn(/C=C\C(=O)O)n2)cc(C(F)(F)F)c1.Cc1cc(C)cc(-c2ncn(/C=C\C(=O)NNc3ccccn3)n2)c1.NCc1cnccn1. The summed E-state index contributed by atoms with van der Waals surface area (Å²) in [5, 5.41) is 16.8. The molecule has 15 nitrogen and oxygen atoms in total. The van der Waals surface area contributed by atoms with Crippen LogP contribution in [0.3, 0.4) is 0 Å². The number of carboxylic acid groups (broad SMARTS) is 1. The van der Waals surface area contributed by atoms with Crippen molar-refractivity contribution in [1.29, 1.82) is 0 Å². The zero-order valence-corrected chi connectivity index (χ0v) is 29.2. The predicted molar refractivity (Wildman–Crippen MR) is 201 cm³/mol. The van der Waals surface area contributed by atoms with Crippen LogP contribution < -0.4 is 16.6 Å². The van der Waals surface area contributed by atoms with Gasteiger partial charge >= 0.3 is 12.1 Å². The molecule has 18 heteroatoms. The second kappa shape index (κ2) is 20.2. The average Bonchev–Trinajstić information content (AvgIpc) is 3.83. The van der Waals surface area contributed by atoms with E-state index in [9.17, 15) is 22.8 Å². The molecular formula is C37H39F3N12O3. The number of aromatic nitrogens is 9. The van der Waals surface area contributed by atoms with Crippen molar-refractivity contribution in [1.82, 2.24) is 49.9 Å². The largest absolute Gasteiger partial charge is 0.478 e. The highest BCUT2D eigenvalue weighted by atomic mass is 19.4. The molecule has 0 aliphatic carbocycles. The maximum atomic E-state index is 12.8. The topological polar surface area (TPSA) is 205 Å². The molecule has 0 aliphatic rings. The van der Waals surface area contributed by atoms with E-state index in [1.54, 1.807) is 50.2 Å². The number of alkyl halides is 3. The van der Waals surface area contributed by atoms with Crippen LogP contribution in [-0.2, 0) is 22.3 Å². The van der Waals surface area contributed by atoms with E-state index in [1.807, 2.05) is 32.0 Å². The lowest BCUT2D eigenvalue weighted by atomic mass is 10.1. The number of aliphatic carboxylic acids is 1. The summed E-state index contributed by atoms with van der Waals surface area (Å²) in [7, 11) is 0. The van der Waals surface area contributed by atoms with Crippen molar-refractivity contribution < 1.29 is 27.9 Å². The summed E-state index contributed by atoms with van der Waals surface area (Å²) in [4.78, 5) is 42.1. The van der Waals surface area contributed by atoms with E-state index in [4.69, 9.17) is 10.8 Å². The Morgan fingerprint density at radius 3 is 1.91 bits per heavy atom. The maximum absolute atomic E-state index is 12.8. The lowest BCUT2D eigenvalue weighted by Crippen LogP contribution is -2.28. The number of carbonyl (C=O) groups is 2. The highest BCUT2D eigenvalue weighted by molar-refractivity contribution is 5.90. The first kappa shape index (κ1) is 42.3. The van der Waals surface area contributed by atoms with Gasteiger partial charge in [-0.3, -0.25) is 25.6 Å². The van der Waals surface area contributed by atoms with Gasteiger partial charge < -0.3 is 10.8 Å². The molecule has 0 aliphatic heterocycles. The summed E-state index contributed by atoms with van der Waals surface area (Å²) in [6.45, 7) is 6.08. The number of carbonyl (C=O) groups excluding carboxylic acids is 1. The second-order valence-electron chi connectivity index (χ2n) is 11.3. The van der Waals surface area contributed by atoms with E-state index in [0.717, 1.165) is 51.5 Å². The number of hydrogen-bond donors (Lipinski definition) is 4. The standard InChI is InChI=1S/C18H18N6O.C13H10F3N3O2.C5H7N3.CH4/c1-13-9-14(2)11-15(10-13)18-20-12-24(23-18)8-6-17(25)22-21-16-5-3-4-7-19-16;1-8-4-9(6-10(5-8)13(14,15)16)12-17-7-19(18-12)3-2-11(20)21;6-3-5-4-7-1-2-8-5;/h3-12H,1-2H3,(H,19,21)(H,22,25);2-7H,1H3,(H,20,21);1-2,4H,3,6H2;1H4/b8-6-;3-2-;;. The van der Waals surface area contributed by atoms with Gasteiger partial charge in [0.05, 0.1) is 11.3 Å². The summed E-state index contributed by atoms with van der Waals surface area (Å²) in [6.07, 6.45) is 9.73. The first-order chi connectivity index (χ1) is 25.8. The fraction of sp³-hybridized carbons (Fsp3) is 0.162. The molecule has 286 valence electrons. The number of rotatable bonds is 9. The predicted octanol–water partition coefficient (Wildman–Crippen LogP) is 5.97. The Morgan fingerprint density at radius 1 is 0.800 bits per heavy atom. The summed E-state index contributed by atoms with van der Waals surface area (Å²) in [5.41, 5.74) is 14.4. The van der Waals surface area contributed by atoms with Gasteiger partial charge in [-0.1, -0.05) is 30.7 Å². The molecule has 1 amide bonds. The molecule has 0 radical (unpaired) electrons. The molecule has 4 aromatic heterocycles. The molecule has 5 N–H and O–H groups in total. The van der Waals surface area contributed by atoms with Crippen LogP contribution in [0.2, 0.25) is 0 Å². The normalized spacial score (nSPS) is 10.8. The number of pyridine rings is 1. The molecule has 0 spiro atoms. The molecule has 0 atom stereocenters. The number of benzene rings is 2. The summed E-state index contributed by atoms with van der Waals surface area (Å²) >= 11 is 0. The Balaban J connectivity index is 0.000000245. The minimum atomic E-state index is -4.45. The van der Waals surface area contributed by atoms with Gasteiger partial charge in [0.2, 0.25) is 0 Å². The van der Waals surface area contributed by atoms with Crippen molar-refractivity contribution in [2.45, 2.75) is 40.9 Å². The van der Waals surface area contributed by atoms with Gasteiger partial charge in [0.1, 0.15) is 18.5 Å². The van der Waals surface area contributed by atoms with Crippen molar-refractivity contribution in [3.8, 4) is 22.8 Å². The number of nitrogens with two attached hydrogens (primary N) is 1. The van der Waals surface area contributed by atoms with Crippen molar-refractivity contribution in [2.75, 3.05) is 5.43 Å². The van der Waals surface area contributed by atoms with Crippen LogP contribution in [0.1, 0.15) is 35.4 Å². The number of nitrogens with zero attached hydrogens (tertiary/aromatic N) is 9. The van der Waals surface area contributed by atoms with Gasteiger partial charge in [-0.05, 0) is 68.8 Å². The molecule has 2 aromatic carbocycles. The monoisotopic (exact) mass is 756 g/mol. The highest BCUT2D eigenvalue weighted by Crippen LogP contribution is 2.32. The van der Waals surface area contributed by atoms with E-state index in [0.29, 0.717) is 23.8 Å². The molecule has 0 saturated carbocycles. The van der Waals surface area contributed by atoms with Gasteiger partial charge in [-0.25, -0.2) is 29.1 Å². The number of hydrazine groups is 1. The number of amides is 1. The fourth-order valence-corrected chi connectivity index (χ4v) is 4.46. The Hall–Kier alpha value is -7.08. The van der Waals surface area contributed by atoms with E-state index >= 15 is 0 Å². The van der Waals surface area contributed by atoms with Crippen molar-refractivity contribution in [3.05, 3.63) is 132 Å². The molecular weight excluding hydrogens is 717 g/mol. The lowest BCUT2D eigenvalue weighted by Gasteiger charge is -2.09. The van der Waals surface area contributed by atoms with Crippen molar-refractivity contribution in [3.63, 3.8) is 0 Å². The Labute approximate surface area is 314 Å². The number of aryl methyl sites for hydroxylation is 3. The third kappa shape index (κ3) is 14.1. The van der Waals surface area contributed by atoms with Gasteiger partial charge in [-0.2, -0.15) is 13.2 Å². The number of halogens is 3. The molecule has 0 unspecified atom stereocenters. The number of hydrogen-bond acceptors (Lipinski definition) is 11. The molecule has 0 fully saturated rings. The van der Waals surface area contributed by atoms with Crippen LogP contribution in [0.4, 0.5) is 19.0 Å². The van der Waals surface area contributed by atoms with Crippen molar-refractivity contribution in [2.24, 2.45) is 5.73 Å². The minimum Gasteiger partial charge on any atom is -0.478 e. The first-order valence-electron chi connectivity index (χ1n) is 15.9. The van der Waals surface area contributed by atoms with Crippen LogP contribution in [0.5, 0.6) is 0 Å². The Kier molecular flexibility index (Phi) is 15.6. The molecule has 6 rings (SSSR count). The third-order valence-corrected chi connectivity index (χ3v) is 6.71. The van der Waals surface area contributed by atoms with E-state index in [-0.39, 0.29) is 24.7 Å². The molecule has 4 heterocycles. The Morgan fingerprint density at radius 2 is 1.40 bits per heavy atom. The summed E-state index contributed by atoms with van der Waals surface area (Å²) < 4.78 is 40.9. The maximum Gasteiger partial charge on any atom is 0.416 e. The highest BCUT2D eigenvalue weighted by Gasteiger charge is 2.31. The van der Waals surface area contributed by atoms with Crippen LogP contribution in [0.25, 0.3) is 35.2 Å². The molecule has 55 heavy (non-hydrogen) atoms. The number of anilines is 1. The van der Waals surface area contributed by atoms with Crippen LogP contribution in [0.15, 0.2) is 104 Å². The average molecular weight is 757 g/mol. The van der Waals surface area contributed by atoms with Gasteiger partial charge in [-0.15, -0.1) is 10.2 Å². The van der Waals surface area contributed by atoms with Gasteiger partial charge in [0.15, 0.2) is 11.6 Å². The molecule has 6 aromatic rings. The summed E-state index contributed by atoms with van der Waals surface area (Å²) in [6, 6.07) is 15.0.